The molecule has 1 fully saturated rings. The molecule has 2 amide bonds. The van der Waals surface area contributed by atoms with E-state index in [0.717, 1.165) is 34.0 Å². The first-order valence-electron chi connectivity index (χ1n) is 7.43. The van der Waals surface area contributed by atoms with E-state index < -0.39 is 0 Å². The molecular formula is C17H18N2O2S2. The number of carbonyl (C=O) groups excluding carboxylic acids is 2. The van der Waals surface area contributed by atoms with Crippen LogP contribution in [-0.4, -0.2) is 18.1 Å². The summed E-state index contributed by atoms with van der Waals surface area (Å²) in [6.07, 6.45) is 3.93. The van der Waals surface area contributed by atoms with Crippen molar-refractivity contribution in [1.29, 1.82) is 0 Å². The van der Waals surface area contributed by atoms with Gasteiger partial charge in [0.15, 0.2) is 0 Å². The van der Waals surface area contributed by atoms with E-state index in [9.17, 15) is 9.59 Å². The molecule has 0 saturated heterocycles. The Morgan fingerprint density at radius 2 is 2.00 bits per heavy atom. The Bertz CT molecular complexity index is 751. The number of benzene rings is 1. The van der Waals surface area contributed by atoms with Crippen LogP contribution in [0.2, 0.25) is 0 Å². The molecule has 1 aliphatic rings. The highest BCUT2D eigenvalue weighted by Gasteiger charge is 2.30. The summed E-state index contributed by atoms with van der Waals surface area (Å²) in [5.74, 6) is 0.0764. The van der Waals surface area contributed by atoms with Crippen molar-refractivity contribution in [3.63, 3.8) is 0 Å². The van der Waals surface area contributed by atoms with E-state index in [1.165, 1.54) is 11.3 Å². The number of nitrogens with one attached hydrogen (secondary N) is 2. The maximum atomic E-state index is 12.5. The zero-order valence-electron chi connectivity index (χ0n) is 13.0. The summed E-state index contributed by atoms with van der Waals surface area (Å²) in [5, 5.41) is 6.56. The molecule has 1 aromatic carbocycles. The van der Waals surface area contributed by atoms with E-state index in [-0.39, 0.29) is 17.7 Å². The van der Waals surface area contributed by atoms with Gasteiger partial charge in [-0.3, -0.25) is 9.59 Å². The summed E-state index contributed by atoms with van der Waals surface area (Å²) in [4.78, 5) is 26.0. The molecule has 1 heterocycles. The topological polar surface area (TPSA) is 58.2 Å². The highest BCUT2D eigenvalue weighted by molar-refractivity contribution is 7.98. The van der Waals surface area contributed by atoms with Crippen molar-refractivity contribution in [2.45, 2.75) is 24.7 Å². The molecule has 3 rings (SSSR count). The highest BCUT2D eigenvalue weighted by atomic mass is 32.2. The molecule has 120 valence electrons. The maximum absolute atomic E-state index is 12.5. The monoisotopic (exact) mass is 346 g/mol. The lowest BCUT2D eigenvalue weighted by Crippen LogP contribution is -2.12. The average Bonchev–Trinajstić information content (AvgIpc) is 3.32. The number of thioether (sulfide) groups is 1. The second kappa shape index (κ2) is 6.76. The van der Waals surface area contributed by atoms with Gasteiger partial charge in [0.25, 0.3) is 5.91 Å². The molecule has 0 aliphatic heterocycles. The van der Waals surface area contributed by atoms with E-state index >= 15 is 0 Å². The second-order valence-electron chi connectivity index (χ2n) is 5.57. The third kappa shape index (κ3) is 3.95. The normalized spacial score (nSPS) is 13.7. The Morgan fingerprint density at radius 3 is 2.70 bits per heavy atom. The zero-order chi connectivity index (χ0) is 16.4. The quantitative estimate of drug-likeness (QED) is 0.790. The van der Waals surface area contributed by atoms with Gasteiger partial charge in [-0.15, -0.1) is 23.1 Å². The minimum Gasteiger partial charge on any atom is -0.321 e. The first-order chi connectivity index (χ1) is 11.1. The van der Waals surface area contributed by atoms with Crippen LogP contribution in [0.4, 0.5) is 10.7 Å². The number of hydrogen-bond acceptors (Lipinski definition) is 4. The summed E-state index contributed by atoms with van der Waals surface area (Å²) in [6, 6.07) is 9.60. The minimum absolute atomic E-state index is 0.0610. The van der Waals surface area contributed by atoms with Gasteiger partial charge in [0.05, 0.1) is 9.88 Å². The number of rotatable bonds is 5. The first-order valence-corrected chi connectivity index (χ1v) is 9.47. The molecule has 1 aromatic heterocycles. The molecule has 2 aromatic rings. The Balaban J connectivity index is 1.71. The molecule has 0 atom stereocenters. The van der Waals surface area contributed by atoms with Crippen molar-refractivity contribution in [3.8, 4) is 0 Å². The van der Waals surface area contributed by atoms with E-state index in [0.29, 0.717) is 4.88 Å². The van der Waals surface area contributed by atoms with Crippen molar-refractivity contribution in [2.75, 3.05) is 16.9 Å². The van der Waals surface area contributed by atoms with Crippen molar-refractivity contribution in [2.24, 2.45) is 5.92 Å². The summed E-state index contributed by atoms with van der Waals surface area (Å²) in [6.45, 7) is 1.89. The average molecular weight is 346 g/mol. The van der Waals surface area contributed by atoms with Crippen molar-refractivity contribution in [1.82, 2.24) is 0 Å². The molecule has 23 heavy (non-hydrogen) atoms. The Labute approximate surface area is 143 Å². The fraction of sp³-hybridized carbons (Fsp3) is 0.294. The van der Waals surface area contributed by atoms with Crippen LogP contribution in [0.1, 0.15) is 28.1 Å². The first kappa shape index (κ1) is 16.1. The summed E-state index contributed by atoms with van der Waals surface area (Å²) in [5.41, 5.74) is 1.65. The van der Waals surface area contributed by atoms with Crippen LogP contribution < -0.4 is 10.6 Å². The van der Waals surface area contributed by atoms with E-state index in [2.05, 4.69) is 10.6 Å². The van der Waals surface area contributed by atoms with E-state index in [4.69, 9.17) is 0 Å². The van der Waals surface area contributed by atoms with Gasteiger partial charge in [0.1, 0.15) is 0 Å². The molecule has 0 unspecified atom stereocenters. The van der Waals surface area contributed by atoms with Crippen LogP contribution >= 0.6 is 23.1 Å². The van der Waals surface area contributed by atoms with Crippen molar-refractivity contribution in [3.05, 3.63) is 40.8 Å². The minimum atomic E-state index is -0.141. The molecule has 1 saturated carbocycles. The highest BCUT2D eigenvalue weighted by Crippen LogP contribution is 2.33. The lowest BCUT2D eigenvalue weighted by molar-refractivity contribution is -0.117. The fourth-order valence-corrected chi connectivity index (χ4v) is 3.66. The number of hydrogen-bond donors (Lipinski definition) is 2. The Kier molecular flexibility index (Phi) is 4.73. The summed E-state index contributed by atoms with van der Waals surface area (Å²) in [7, 11) is 0. The smallest absolute Gasteiger partial charge is 0.266 e. The van der Waals surface area contributed by atoms with Gasteiger partial charge < -0.3 is 10.6 Å². The Morgan fingerprint density at radius 1 is 1.22 bits per heavy atom. The SMILES string of the molecule is CSc1cccc(NC(=O)c2sc(NC(=O)C3CC3)cc2C)c1. The number of amides is 2. The predicted octanol–water partition coefficient (Wildman–Crippen LogP) is 4.38. The number of carbonyl (C=O) groups is 2. The van der Waals surface area contributed by atoms with Crippen LogP contribution in [0.15, 0.2) is 35.2 Å². The summed E-state index contributed by atoms with van der Waals surface area (Å²) >= 11 is 2.95. The molecule has 6 heteroatoms. The van der Waals surface area contributed by atoms with Gasteiger partial charge in [0, 0.05) is 16.5 Å². The second-order valence-corrected chi connectivity index (χ2v) is 7.50. The molecule has 2 N–H and O–H groups in total. The zero-order valence-corrected chi connectivity index (χ0v) is 14.6. The Hall–Kier alpha value is -1.79. The van der Waals surface area contributed by atoms with Crippen LogP contribution in [0, 0.1) is 12.8 Å². The standard InChI is InChI=1S/C17H18N2O2S2/c1-10-8-14(19-16(20)11-6-7-11)23-15(10)17(21)18-12-4-3-5-13(9-12)22-2/h3-5,8-9,11H,6-7H2,1-2H3,(H,18,21)(H,19,20). The van der Waals surface area contributed by atoms with Crippen LogP contribution in [-0.2, 0) is 4.79 Å². The lowest BCUT2D eigenvalue weighted by atomic mass is 10.2. The largest absolute Gasteiger partial charge is 0.321 e. The molecule has 0 radical (unpaired) electrons. The van der Waals surface area contributed by atoms with Crippen molar-refractivity contribution >= 4 is 45.6 Å². The third-order valence-electron chi connectivity index (χ3n) is 3.65. The van der Waals surface area contributed by atoms with Gasteiger partial charge in [-0.2, -0.15) is 0 Å². The number of thiophene rings is 1. The maximum Gasteiger partial charge on any atom is 0.266 e. The molecular weight excluding hydrogens is 328 g/mol. The van der Waals surface area contributed by atoms with E-state index in [1.54, 1.807) is 11.8 Å². The molecule has 0 spiro atoms. The van der Waals surface area contributed by atoms with Gasteiger partial charge in [-0.25, -0.2) is 0 Å². The van der Waals surface area contributed by atoms with Crippen LogP contribution in [0.5, 0.6) is 0 Å². The molecule has 1 aliphatic carbocycles. The molecule has 4 nitrogen and oxygen atoms in total. The van der Waals surface area contributed by atoms with Gasteiger partial charge in [-0.1, -0.05) is 6.07 Å². The van der Waals surface area contributed by atoms with E-state index in [1.807, 2.05) is 43.5 Å². The predicted molar refractivity (Wildman–Crippen MR) is 96.6 cm³/mol. The van der Waals surface area contributed by atoms with Crippen molar-refractivity contribution < 1.29 is 9.59 Å². The molecule has 0 bridgehead atoms. The number of aryl methyl sites for hydroxylation is 1. The number of anilines is 2. The van der Waals surface area contributed by atoms with Gasteiger partial charge in [0.2, 0.25) is 5.91 Å². The van der Waals surface area contributed by atoms with Gasteiger partial charge in [-0.05, 0) is 55.9 Å². The fourth-order valence-electron chi connectivity index (χ4n) is 2.23. The van der Waals surface area contributed by atoms with Crippen LogP contribution in [0.3, 0.4) is 0 Å². The van der Waals surface area contributed by atoms with Gasteiger partial charge >= 0.3 is 0 Å². The third-order valence-corrected chi connectivity index (χ3v) is 5.52. The summed E-state index contributed by atoms with van der Waals surface area (Å²) < 4.78 is 0. The van der Waals surface area contributed by atoms with Crippen LogP contribution in [0.25, 0.3) is 0 Å². The lowest BCUT2D eigenvalue weighted by Gasteiger charge is -2.06.